The number of carbonyl (C=O) groups excluding carboxylic acids is 1. The Balaban J connectivity index is 2.36. The van der Waals surface area contributed by atoms with Crippen LogP contribution in [0.25, 0.3) is 0 Å². The molecule has 0 saturated carbocycles. The molecule has 0 aliphatic carbocycles. The van der Waals surface area contributed by atoms with E-state index < -0.39 is 0 Å². The molecule has 74 valence electrons. The third-order valence-electron chi connectivity index (χ3n) is 2.11. The number of aromatic nitrogens is 1. The minimum absolute atomic E-state index is 0.0157. The van der Waals surface area contributed by atoms with Crippen LogP contribution in [-0.2, 0) is 4.79 Å². The topological polar surface area (TPSA) is 42.4 Å². The Morgan fingerprint density at radius 2 is 2.50 bits per heavy atom. The van der Waals surface area contributed by atoms with Crippen LogP contribution in [0.4, 0.5) is 5.82 Å². The lowest BCUT2D eigenvalue weighted by atomic mass is 10.3. The van der Waals surface area contributed by atoms with Gasteiger partial charge in [-0.05, 0) is 18.6 Å². The third-order valence-corrected chi connectivity index (χ3v) is 2.11. The Bertz CT molecular complexity index is 352. The second-order valence-corrected chi connectivity index (χ2v) is 3.16. The normalized spacial score (nSPS) is 14.9. The van der Waals surface area contributed by atoms with Crippen LogP contribution in [0.15, 0.2) is 18.3 Å². The van der Waals surface area contributed by atoms with Gasteiger partial charge < -0.3 is 4.74 Å². The maximum Gasteiger partial charge on any atom is 0.266 e. The molecule has 0 N–H and O–H groups in total. The second kappa shape index (κ2) is 3.65. The number of rotatable bonds is 2. The molecule has 0 saturated heterocycles. The molecule has 1 amide bonds. The number of anilines is 1. The number of carbonyl (C=O) groups is 1. The number of nitrogens with zero attached hydrogens (tertiary/aromatic N) is 2. The van der Waals surface area contributed by atoms with Gasteiger partial charge in [-0.2, -0.15) is 0 Å². The number of hydrogen-bond acceptors (Lipinski definition) is 3. The Kier molecular flexibility index (Phi) is 2.35. The van der Waals surface area contributed by atoms with Crippen LogP contribution in [0.5, 0.6) is 5.75 Å². The minimum atomic E-state index is -0.0157. The molecule has 14 heavy (non-hydrogen) atoms. The van der Waals surface area contributed by atoms with E-state index in [1.165, 1.54) is 0 Å². The highest BCUT2D eigenvalue weighted by atomic mass is 16.5. The van der Waals surface area contributed by atoms with Crippen molar-refractivity contribution >= 4 is 11.7 Å². The molecule has 4 nitrogen and oxygen atoms in total. The monoisotopic (exact) mass is 192 g/mol. The summed E-state index contributed by atoms with van der Waals surface area (Å²) in [5.74, 6) is 1.32. The summed E-state index contributed by atoms with van der Waals surface area (Å²) >= 11 is 0. The molecule has 1 aliphatic rings. The molecule has 1 aromatic rings. The van der Waals surface area contributed by atoms with Gasteiger partial charge in [0.15, 0.2) is 18.2 Å². The summed E-state index contributed by atoms with van der Waals surface area (Å²) in [7, 11) is 0. The van der Waals surface area contributed by atoms with E-state index in [9.17, 15) is 4.79 Å². The first kappa shape index (κ1) is 8.99. The zero-order valence-electron chi connectivity index (χ0n) is 8.06. The lowest BCUT2D eigenvalue weighted by molar-refractivity contribution is -0.121. The van der Waals surface area contributed by atoms with Gasteiger partial charge in [0.2, 0.25) is 0 Å². The van der Waals surface area contributed by atoms with Crippen LogP contribution in [0.1, 0.15) is 13.3 Å². The van der Waals surface area contributed by atoms with Gasteiger partial charge in [-0.3, -0.25) is 9.69 Å². The predicted molar refractivity (Wildman–Crippen MR) is 52.4 cm³/mol. The number of fused-ring (bicyclic) bond motifs is 1. The van der Waals surface area contributed by atoms with Crippen LogP contribution in [-0.4, -0.2) is 24.0 Å². The van der Waals surface area contributed by atoms with E-state index in [0.717, 1.165) is 6.42 Å². The van der Waals surface area contributed by atoms with Crippen LogP contribution in [0.2, 0.25) is 0 Å². The maximum atomic E-state index is 11.5. The van der Waals surface area contributed by atoms with E-state index in [2.05, 4.69) is 4.98 Å². The molecule has 0 unspecified atom stereocenters. The second-order valence-electron chi connectivity index (χ2n) is 3.16. The van der Waals surface area contributed by atoms with Crippen molar-refractivity contribution in [3.8, 4) is 5.75 Å². The Labute approximate surface area is 82.5 Å². The molecule has 0 fully saturated rings. The molecule has 0 atom stereocenters. The number of amides is 1. The summed E-state index contributed by atoms with van der Waals surface area (Å²) in [5, 5.41) is 0. The van der Waals surface area contributed by atoms with E-state index >= 15 is 0 Å². The fraction of sp³-hybridized carbons (Fsp3) is 0.400. The molecule has 0 bridgehead atoms. The minimum Gasteiger partial charge on any atom is -0.480 e. The smallest absolute Gasteiger partial charge is 0.266 e. The molecule has 1 aromatic heterocycles. The van der Waals surface area contributed by atoms with Gasteiger partial charge in [-0.25, -0.2) is 4.98 Å². The summed E-state index contributed by atoms with van der Waals surface area (Å²) < 4.78 is 5.26. The van der Waals surface area contributed by atoms with Crippen molar-refractivity contribution < 1.29 is 9.53 Å². The molecular weight excluding hydrogens is 180 g/mol. The fourth-order valence-corrected chi connectivity index (χ4v) is 1.49. The van der Waals surface area contributed by atoms with E-state index in [-0.39, 0.29) is 12.5 Å². The summed E-state index contributed by atoms with van der Waals surface area (Å²) in [6, 6.07) is 3.64. The lowest BCUT2D eigenvalue weighted by Gasteiger charge is -2.27. The first-order valence-corrected chi connectivity index (χ1v) is 4.71. The predicted octanol–water partition coefficient (Wildman–Crippen LogP) is 1.22. The van der Waals surface area contributed by atoms with E-state index in [0.29, 0.717) is 18.1 Å². The third kappa shape index (κ3) is 1.43. The highest BCUT2D eigenvalue weighted by Gasteiger charge is 2.25. The quantitative estimate of drug-likeness (QED) is 0.707. The molecule has 0 aromatic carbocycles. The molecular formula is C10H12N2O2. The van der Waals surface area contributed by atoms with E-state index in [1.54, 1.807) is 17.2 Å². The SMILES string of the molecule is CCCN1C(=O)COc2cccnc21. The van der Waals surface area contributed by atoms with Gasteiger partial charge in [0.25, 0.3) is 5.91 Å². The summed E-state index contributed by atoms with van der Waals surface area (Å²) in [6.07, 6.45) is 2.59. The molecule has 0 spiro atoms. The number of hydrogen-bond donors (Lipinski definition) is 0. The molecule has 1 aliphatic heterocycles. The number of pyridine rings is 1. The van der Waals surface area contributed by atoms with Crippen LogP contribution in [0.3, 0.4) is 0 Å². The Hall–Kier alpha value is -1.58. The number of ether oxygens (including phenoxy) is 1. The van der Waals surface area contributed by atoms with Crippen molar-refractivity contribution in [2.75, 3.05) is 18.1 Å². The Morgan fingerprint density at radius 3 is 3.29 bits per heavy atom. The summed E-state index contributed by atoms with van der Waals surface area (Å²) in [5.41, 5.74) is 0. The van der Waals surface area contributed by atoms with Crippen LogP contribution >= 0.6 is 0 Å². The van der Waals surface area contributed by atoms with Gasteiger partial charge in [-0.1, -0.05) is 6.92 Å². The van der Waals surface area contributed by atoms with Gasteiger partial charge in [0.05, 0.1) is 0 Å². The van der Waals surface area contributed by atoms with Gasteiger partial charge in [-0.15, -0.1) is 0 Å². The van der Waals surface area contributed by atoms with E-state index in [4.69, 9.17) is 4.74 Å². The summed E-state index contributed by atoms with van der Waals surface area (Å²) in [4.78, 5) is 17.3. The average Bonchev–Trinajstić information content (AvgIpc) is 2.23. The van der Waals surface area contributed by atoms with Crippen molar-refractivity contribution in [3.05, 3.63) is 18.3 Å². The van der Waals surface area contributed by atoms with Crippen LogP contribution in [0, 0.1) is 0 Å². The molecule has 0 radical (unpaired) electrons. The van der Waals surface area contributed by atoms with Crippen LogP contribution < -0.4 is 9.64 Å². The molecule has 2 rings (SSSR count). The van der Waals surface area contributed by atoms with Crippen molar-refractivity contribution in [3.63, 3.8) is 0 Å². The maximum absolute atomic E-state index is 11.5. The zero-order valence-corrected chi connectivity index (χ0v) is 8.06. The first-order chi connectivity index (χ1) is 6.83. The highest BCUT2D eigenvalue weighted by molar-refractivity contribution is 5.96. The van der Waals surface area contributed by atoms with Crippen molar-refractivity contribution in [2.24, 2.45) is 0 Å². The summed E-state index contributed by atoms with van der Waals surface area (Å²) in [6.45, 7) is 2.86. The zero-order chi connectivity index (χ0) is 9.97. The molecule has 2 heterocycles. The Morgan fingerprint density at radius 1 is 1.64 bits per heavy atom. The first-order valence-electron chi connectivity index (χ1n) is 4.71. The lowest BCUT2D eigenvalue weighted by Crippen LogP contribution is -2.39. The van der Waals surface area contributed by atoms with Crippen molar-refractivity contribution in [1.82, 2.24) is 4.98 Å². The largest absolute Gasteiger partial charge is 0.480 e. The fourth-order valence-electron chi connectivity index (χ4n) is 1.49. The van der Waals surface area contributed by atoms with E-state index in [1.807, 2.05) is 13.0 Å². The highest BCUT2D eigenvalue weighted by Crippen LogP contribution is 2.28. The molecule has 4 heteroatoms. The van der Waals surface area contributed by atoms with Gasteiger partial charge >= 0.3 is 0 Å². The standard InChI is InChI=1S/C10H12N2O2/c1-2-6-12-9(13)7-14-8-4-3-5-11-10(8)12/h3-5H,2,6-7H2,1H3. The van der Waals surface area contributed by atoms with Gasteiger partial charge in [0, 0.05) is 12.7 Å². The average molecular weight is 192 g/mol. The van der Waals surface area contributed by atoms with Gasteiger partial charge in [0.1, 0.15) is 0 Å². The van der Waals surface area contributed by atoms with Crippen molar-refractivity contribution in [2.45, 2.75) is 13.3 Å². The van der Waals surface area contributed by atoms with Crippen molar-refractivity contribution in [1.29, 1.82) is 0 Å².